The summed E-state index contributed by atoms with van der Waals surface area (Å²) in [6, 6.07) is 3.64. The molecular formula is C18H19ClN6O2. The van der Waals surface area contributed by atoms with Crippen LogP contribution < -0.4 is 5.32 Å². The van der Waals surface area contributed by atoms with Gasteiger partial charge in [0, 0.05) is 49.2 Å². The van der Waals surface area contributed by atoms with E-state index in [4.69, 9.17) is 16.7 Å². The molecule has 0 aliphatic carbocycles. The van der Waals surface area contributed by atoms with E-state index in [0.717, 1.165) is 29.4 Å². The molecule has 1 aliphatic rings. The molecule has 0 bridgehead atoms. The first-order chi connectivity index (χ1) is 13.1. The van der Waals surface area contributed by atoms with E-state index in [-0.39, 0.29) is 5.92 Å². The Balaban J connectivity index is 1.49. The van der Waals surface area contributed by atoms with E-state index >= 15 is 0 Å². The summed E-state index contributed by atoms with van der Waals surface area (Å²) >= 11 is 6.06. The number of aromatic amines is 1. The molecule has 9 heteroatoms. The number of aromatic nitrogens is 4. The zero-order valence-electron chi connectivity index (χ0n) is 14.5. The third kappa shape index (κ3) is 3.80. The van der Waals surface area contributed by atoms with Crippen molar-refractivity contribution >= 4 is 34.5 Å². The zero-order chi connectivity index (χ0) is 18.8. The van der Waals surface area contributed by atoms with Crippen LogP contribution in [-0.2, 0) is 0 Å². The van der Waals surface area contributed by atoms with Crippen LogP contribution in [0.2, 0.25) is 5.02 Å². The molecule has 8 nitrogen and oxygen atoms in total. The standard InChI is InChI=1S/C18H19ClN6O2/c19-12-6-13-14(9-23-16(13)22-8-12)17-20-4-3-15(24-17)21-7-11-2-1-5-25(10-11)18(26)27/h3-4,6,8-9,11H,1-2,5,7,10H2,(H,22,23)(H,26,27)(H,20,21,24). The first-order valence-electron chi connectivity index (χ1n) is 8.78. The van der Waals surface area contributed by atoms with Crippen LogP contribution in [-0.4, -0.2) is 55.7 Å². The highest BCUT2D eigenvalue weighted by Crippen LogP contribution is 2.27. The van der Waals surface area contributed by atoms with Gasteiger partial charge in [-0.1, -0.05) is 11.6 Å². The maximum absolute atomic E-state index is 11.1. The number of nitrogens with zero attached hydrogens (tertiary/aromatic N) is 4. The molecule has 3 N–H and O–H groups in total. The van der Waals surface area contributed by atoms with Gasteiger partial charge in [0.15, 0.2) is 5.82 Å². The van der Waals surface area contributed by atoms with Crippen molar-refractivity contribution < 1.29 is 9.90 Å². The number of hydrogen-bond acceptors (Lipinski definition) is 5. The quantitative estimate of drug-likeness (QED) is 0.633. The molecule has 1 amide bonds. The minimum atomic E-state index is -0.851. The second-order valence-electron chi connectivity index (χ2n) is 6.64. The van der Waals surface area contributed by atoms with E-state index in [1.54, 1.807) is 18.5 Å². The van der Waals surface area contributed by atoms with Crippen molar-refractivity contribution in [3.05, 3.63) is 35.7 Å². The number of hydrogen-bond donors (Lipinski definition) is 3. The van der Waals surface area contributed by atoms with Crippen molar-refractivity contribution in [1.82, 2.24) is 24.8 Å². The van der Waals surface area contributed by atoms with Crippen LogP contribution in [0.4, 0.5) is 10.6 Å². The van der Waals surface area contributed by atoms with Gasteiger partial charge in [0.1, 0.15) is 11.5 Å². The number of amides is 1. The molecular weight excluding hydrogens is 368 g/mol. The van der Waals surface area contributed by atoms with Crippen LogP contribution in [0.3, 0.4) is 0 Å². The van der Waals surface area contributed by atoms with Gasteiger partial charge in [0.25, 0.3) is 0 Å². The Morgan fingerprint density at radius 2 is 2.33 bits per heavy atom. The van der Waals surface area contributed by atoms with E-state index < -0.39 is 6.09 Å². The Morgan fingerprint density at radius 3 is 3.19 bits per heavy atom. The summed E-state index contributed by atoms with van der Waals surface area (Å²) in [7, 11) is 0. The van der Waals surface area contributed by atoms with Crippen LogP contribution >= 0.6 is 11.6 Å². The summed E-state index contributed by atoms with van der Waals surface area (Å²) in [6.07, 6.45) is 6.15. The van der Waals surface area contributed by atoms with Crippen molar-refractivity contribution in [2.45, 2.75) is 12.8 Å². The average molecular weight is 387 g/mol. The second-order valence-corrected chi connectivity index (χ2v) is 7.07. The van der Waals surface area contributed by atoms with Gasteiger partial charge < -0.3 is 20.3 Å². The van der Waals surface area contributed by atoms with Crippen LogP contribution in [0.1, 0.15) is 12.8 Å². The highest BCUT2D eigenvalue weighted by molar-refractivity contribution is 6.31. The SMILES string of the molecule is O=C(O)N1CCCC(CNc2ccnc(-c3c[nH]c4ncc(Cl)cc34)n2)C1. The first-order valence-corrected chi connectivity index (χ1v) is 9.16. The first kappa shape index (κ1) is 17.5. The van der Waals surface area contributed by atoms with Gasteiger partial charge in [0.2, 0.25) is 0 Å². The van der Waals surface area contributed by atoms with Crippen LogP contribution in [0.25, 0.3) is 22.4 Å². The molecule has 3 aromatic heterocycles. The third-order valence-electron chi connectivity index (χ3n) is 4.76. The molecule has 0 aromatic carbocycles. The van der Waals surface area contributed by atoms with Gasteiger partial charge in [0.05, 0.1) is 5.02 Å². The van der Waals surface area contributed by atoms with E-state index in [1.807, 2.05) is 12.3 Å². The summed E-state index contributed by atoms with van der Waals surface area (Å²) in [5.74, 6) is 1.55. The van der Waals surface area contributed by atoms with Crippen molar-refractivity contribution in [3.8, 4) is 11.4 Å². The highest BCUT2D eigenvalue weighted by Gasteiger charge is 2.23. The van der Waals surface area contributed by atoms with Crippen LogP contribution in [0, 0.1) is 5.92 Å². The Bertz CT molecular complexity index is 975. The minimum absolute atomic E-state index is 0.268. The number of likely N-dealkylation sites (tertiary alicyclic amines) is 1. The topological polar surface area (TPSA) is 107 Å². The molecule has 1 unspecified atom stereocenters. The van der Waals surface area contributed by atoms with Crippen molar-refractivity contribution in [2.75, 3.05) is 25.0 Å². The number of nitrogens with one attached hydrogen (secondary N) is 2. The Labute approximate surface area is 160 Å². The number of fused-ring (bicyclic) bond motifs is 1. The summed E-state index contributed by atoms with van der Waals surface area (Å²) in [6.45, 7) is 1.83. The third-order valence-corrected chi connectivity index (χ3v) is 4.96. The number of pyridine rings is 1. The van der Waals surface area contributed by atoms with Crippen LogP contribution in [0.15, 0.2) is 30.7 Å². The lowest BCUT2D eigenvalue weighted by Gasteiger charge is -2.30. The number of piperidine rings is 1. The largest absolute Gasteiger partial charge is 0.465 e. The molecule has 1 atom stereocenters. The summed E-state index contributed by atoms with van der Waals surface area (Å²) in [5.41, 5.74) is 1.56. The number of rotatable bonds is 4. The molecule has 27 heavy (non-hydrogen) atoms. The maximum atomic E-state index is 11.1. The molecule has 140 valence electrons. The second kappa shape index (κ2) is 7.40. The molecule has 4 rings (SSSR count). The lowest BCUT2D eigenvalue weighted by atomic mass is 9.98. The van der Waals surface area contributed by atoms with Gasteiger partial charge in [-0.05, 0) is 30.9 Å². The van der Waals surface area contributed by atoms with Gasteiger partial charge >= 0.3 is 6.09 Å². The molecule has 1 fully saturated rings. The smallest absolute Gasteiger partial charge is 0.407 e. The van der Waals surface area contributed by atoms with E-state index in [0.29, 0.717) is 36.3 Å². The Morgan fingerprint density at radius 1 is 1.44 bits per heavy atom. The van der Waals surface area contributed by atoms with E-state index in [9.17, 15) is 4.79 Å². The van der Waals surface area contributed by atoms with Gasteiger partial charge in [-0.2, -0.15) is 0 Å². The highest BCUT2D eigenvalue weighted by atomic mass is 35.5. The van der Waals surface area contributed by atoms with Gasteiger partial charge in [-0.3, -0.25) is 0 Å². The maximum Gasteiger partial charge on any atom is 0.407 e. The Kier molecular flexibility index (Phi) is 4.81. The monoisotopic (exact) mass is 386 g/mol. The fourth-order valence-corrected chi connectivity index (χ4v) is 3.56. The summed E-state index contributed by atoms with van der Waals surface area (Å²) < 4.78 is 0. The predicted molar refractivity (Wildman–Crippen MR) is 103 cm³/mol. The number of halogens is 1. The fraction of sp³-hybridized carbons (Fsp3) is 0.333. The number of anilines is 1. The normalized spacial score (nSPS) is 17.2. The van der Waals surface area contributed by atoms with Crippen LogP contribution in [0.5, 0.6) is 0 Å². The van der Waals surface area contributed by atoms with Gasteiger partial charge in [-0.15, -0.1) is 0 Å². The molecule has 3 aromatic rings. The minimum Gasteiger partial charge on any atom is -0.465 e. The average Bonchev–Trinajstić information content (AvgIpc) is 3.10. The summed E-state index contributed by atoms with van der Waals surface area (Å²) in [4.78, 5) is 28.9. The van der Waals surface area contributed by atoms with Gasteiger partial charge in [-0.25, -0.2) is 19.7 Å². The molecule has 0 saturated carbocycles. The van der Waals surface area contributed by atoms with E-state index in [1.165, 1.54) is 4.90 Å². The molecule has 0 spiro atoms. The molecule has 1 saturated heterocycles. The number of H-pyrrole nitrogens is 1. The van der Waals surface area contributed by atoms with Crippen molar-refractivity contribution in [3.63, 3.8) is 0 Å². The number of carboxylic acid groups (broad SMARTS) is 1. The predicted octanol–water partition coefficient (Wildman–Crippen LogP) is 3.48. The molecule has 0 radical (unpaired) electrons. The fourth-order valence-electron chi connectivity index (χ4n) is 3.40. The molecule has 1 aliphatic heterocycles. The lowest BCUT2D eigenvalue weighted by molar-refractivity contribution is 0.122. The summed E-state index contributed by atoms with van der Waals surface area (Å²) in [5, 5.41) is 13.9. The van der Waals surface area contributed by atoms with Crippen molar-refractivity contribution in [2.24, 2.45) is 5.92 Å². The number of carbonyl (C=O) groups is 1. The zero-order valence-corrected chi connectivity index (χ0v) is 15.3. The van der Waals surface area contributed by atoms with E-state index in [2.05, 4.69) is 25.3 Å². The molecule has 4 heterocycles. The Hall–Kier alpha value is -2.87. The van der Waals surface area contributed by atoms with Crippen molar-refractivity contribution in [1.29, 1.82) is 0 Å². The lowest BCUT2D eigenvalue weighted by Crippen LogP contribution is -2.41.